The highest BCUT2D eigenvalue weighted by atomic mass is 35.5. The molecule has 0 fully saturated rings. The first-order valence-electron chi connectivity index (χ1n) is 5.96. The van der Waals surface area contributed by atoms with Gasteiger partial charge in [0.2, 0.25) is 5.91 Å². The van der Waals surface area contributed by atoms with Gasteiger partial charge in [0.15, 0.2) is 0 Å². The molecule has 0 atom stereocenters. The van der Waals surface area contributed by atoms with Crippen molar-refractivity contribution in [2.45, 2.75) is 19.3 Å². The minimum atomic E-state index is -0.793. The third-order valence-electron chi connectivity index (χ3n) is 2.33. The van der Waals surface area contributed by atoms with Gasteiger partial charge in [0.05, 0.1) is 0 Å². The number of nitrogens with one attached hydrogen (secondary N) is 2. The number of aliphatic carboxylic acids is 1. The number of carboxylic acid groups (broad SMARTS) is 1. The zero-order valence-electron chi connectivity index (χ0n) is 10.6. The zero-order chi connectivity index (χ0) is 13.2. The van der Waals surface area contributed by atoms with Crippen molar-refractivity contribution in [2.75, 3.05) is 18.4 Å². The van der Waals surface area contributed by atoms with Crippen LogP contribution in [0.3, 0.4) is 0 Å². The van der Waals surface area contributed by atoms with Crippen LogP contribution in [0.2, 0.25) is 0 Å². The molecule has 0 aliphatic carbocycles. The van der Waals surface area contributed by atoms with Gasteiger partial charge in [-0.3, -0.25) is 9.59 Å². The van der Waals surface area contributed by atoms with Crippen molar-refractivity contribution in [1.29, 1.82) is 0 Å². The van der Waals surface area contributed by atoms with Gasteiger partial charge in [0.25, 0.3) is 0 Å². The number of amides is 1. The van der Waals surface area contributed by atoms with Crippen LogP contribution in [0.4, 0.5) is 5.69 Å². The number of para-hydroxylation sites is 1. The summed E-state index contributed by atoms with van der Waals surface area (Å²) in [6, 6.07) is 9.27. The van der Waals surface area contributed by atoms with Gasteiger partial charge in [-0.05, 0) is 25.1 Å². The van der Waals surface area contributed by atoms with Crippen molar-refractivity contribution in [2.24, 2.45) is 0 Å². The normalized spacial score (nSPS) is 9.47. The third kappa shape index (κ3) is 9.04. The Morgan fingerprint density at radius 2 is 1.74 bits per heavy atom. The molecule has 0 saturated heterocycles. The number of benzene rings is 1. The lowest BCUT2D eigenvalue weighted by molar-refractivity contribution is -0.137. The summed E-state index contributed by atoms with van der Waals surface area (Å²) in [6.45, 7) is 1.17. The van der Waals surface area contributed by atoms with Crippen LogP contribution in [0.25, 0.3) is 0 Å². The van der Waals surface area contributed by atoms with E-state index in [2.05, 4.69) is 10.6 Å². The van der Waals surface area contributed by atoms with Crippen molar-refractivity contribution >= 4 is 30.0 Å². The Labute approximate surface area is 118 Å². The molecule has 0 spiro atoms. The van der Waals surface area contributed by atoms with E-state index >= 15 is 0 Å². The highest BCUT2D eigenvalue weighted by Gasteiger charge is 2.01. The molecule has 0 saturated carbocycles. The van der Waals surface area contributed by atoms with Crippen LogP contribution in [0, 0.1) is 0 Å². The minimum Gasteiger partial charge on any atom is -0.481 e. The molecular formula is C13H19ClN2O3. The lowest BCUT2D eigenvalue weighted by atomic mass is 10.3. The van der Waals surface area contributed by atoms with Crippen LogP contribution in [-0.4, -0.2) is 30.1 Å². The van der Waals surface area contributed by atoms with Gasteiger partial charge in [-0.15, -0.1) is 12.4 Å². The Balaban J connectivity index is 0.00000324. The number of halogens is 1. The number of carbonyl (C=O) groups excluding carboxylic acids is 1. The van der Waals surface area contributed by atoms with Crippen molar-refractivity contribution in [3.05, 3.63) is 30.3 Å². The molecule has 0 unspecified atom stereocenters. The molecule has 106 valence electrons. The molecule has 6 heteroatoms. The van der Waals surface area contributed by atoms with Gasteiger partial charge in [-0.25, -0.2) is 0 Å². The van der Waals surface area contributed by atoms with E-state index in [0.717, 1.165) is 5.69 Å². The monoisotopic (exact) mass is 286 g/mol. The quantitative estimate of drug-likeness (QED) is 0.638. The molecule has 1 aromatic carbocycles. The van der Waals surface area contributed by atoms with Crippen molar-refractivity contribution in [1.82, 2.24) is 5.32 Å². The Morgan fingerprint density at radius 3 is 2.37 bits per heavy atom. The summed E-state index contributed by atoms with van der Waals surface area (Å²) in [4.78, 5) is 21.8. The van der Waals surface area contributed by atoms with Gasteiger partial charge in [0, 0.05) is 25.1 Å². The molecule has 1 rings (SSSR count). The van der Waals surface area contributed by atoms with Gasteiger partial charge in [0.1, 0.15) is 0 Å². The predicted molar refractivity (Wildman–Crippen MR) is 76.7 cm³/mol. The maximum atomic E-state index is 11.5. The summed E-state index contributed by atoms with van der Waals surface area (Å²) in [5.41, 5.74) is 0.786. The van der Waals surface area contributed by atoms with Crippen LogP contribution in [-0.2, 0) is 9.59 Å². The Hall–Kier alpha value is -1.59. The zero-order valence-corrected chi connectivity index (χ0v) is 11.4. The number of rotatable bonds is 8. The maximum Gasteiger partial charge on any atom is 0.303 e. The van der Waals surface area contributed by atoms with E-state index in [4.69, 9.17) is 5.11 Å². The fraction of sp³-hybridized carbons (Fsp3) is 0.385. The molecule has 0 aromatic heterocycles. The summed E-state index contributed by atoms with van der Waals surface area (Å²) in [7, 11) is 0. The first-order valence-corrected chi connectivity index (χ1v) is 5.96. The molecule has 0 heterocycles. The topological polar surface area (TPSA) is 78.4 Å². The van der Waals surface area contributed by atoms with E-state index in [0.29, 0.717) is 25.9 Å². The number of hydrogen-bond acceptors (Lipinski definition) is 3. The van der Waals surface area contributed by atoms with Crippen LogP contribution >= 0.6 is 12.4 Å². The van der Waals surface area contributed by atoms with Crippen LogP contribution in [0.1, 0.15) is 19.3 Å². The van der Waals surface area contributed by atoms with Crippen molar-refractivity contribution in [3.8, 4) is 0 Å². The SMILES string of the molecule is Cl.O=C(O)CCCNCCC(=O)Nc1ccccc1. The summed E-state index contributed by atoms with van der Waals surface area (Å²) in [5.74, 6) is -0.842. The van der Waals surface area contributed by atoms with E-state index in [-0.39, 0.29) is 24.7 Å². The van der Waals surface area contributed by atoms with Crippen molar-refractivity contribution < 1.29 is 14.7 Å². The second kappa shape index (κ2) is 10.3. The summed E-state index contributed by atoms with van der Waals surface area (Å²) in [6.07, 6.45) is 1.11. The number of hydrogen-bond donors (Lipinski definition) is 3. The Bertz CT molecular complexity index is 385. The number of carbonyl (C=O) groups is 2. The maximum absolute atomic E-state index is 11.5. The van der Waals surface area contributed by atoms with E-state index in [9.17, 15) is 9.59 Å². The fourth-order valence-corrected chi connectivity index (χ4v) is 1.44. The van der Waals surface area contributed by atoms with E-state index in [1.165, 1.54) is 0 Å². The van der Waals surface area contributed by atoms with Crippen LogP contribution in [0.15, 0.2) is 30.3 Å². The minimum absolute atomic E-state index is 0. The number of anilines is 1. The van der Waals surface area contributed by atoms with Gasteiger partial charge < -0.3 is 15.7 Å². The third-order valence-corrected chi connectivity index (χ3v) is 2.33. The van der Waals surface area contributed by atoms with Gasteiger partial charge in [-0.2, -0.15) is 0 Å². The first kappa shape index (κ1) is 17.4. The van der Waals surface area contributed by atoms with E-state index in [1.54, 1.807) is 0 Å². The Kier molecular flexibility index (Phi) is 9.48. The molecule has 5 nitrogen and oxygen atoms in total. The molecule has 0 bridgehead atoms. The second-order valence-corrected chi connectivity index (χ2v) is 3.91. The first-order chi connectivity index (χ1) is 8.68. The van der Waals surface area contributed by atoms with Gasteiger partial charge in [-0.1, -0.05) is 18.2 Å². The van der Waals surface area contributed by atoms with E-state index in [1.807, 2.05) is 30.3 Å². The lowest BCUT2D eigenvalue weighted by Gasteiger charge is -2.05. The van der Waals surface area contributed by atoms with Gasteiger partial charge >= 0.3 is 5.97 Å². The van der Waals surface area contributed by atoms with Crippen molar-refractivity contribution in [3.63, 3.8) is 0 Å². The predicted octanol–water partition coefficient (Wildman–Crippen LogP) is 1.89. The summed E-state index contributed by atoms with van der Waals surface area (Å²) in [5, 5.41) is 14.2. The molecule has 0 aliphatic rings. The summed E-state index contributed by atoms with van der Waals surface area (Å²) >= 11 is 0. The highest BCUT2D eigenvalue weighted by molar-refractivity contribution is 5.90. The standard InChI is InChI=1S/C13H18N2O3.ClH/c16-12(15-11-5-2-1-3-6-11)8-10-14-9-4-7-13(17)18;/h1-3,5-6,14H,4,7-10H2,(H,15,16)(H,17,18);1H. The summed E-state index contributed by atoms with van der Waals surface area (Å²) < 4.78 is 0. The van der Waals surface area contributed by atoms with E-state index < -0.39 is 5.97 Å². The molecule has 1 amide bonds. The fourth-order valence-electron chi connectivity index (χ4n) is 1.44. The largest absolute Gasteiger partial charge is 0.481 e. The smallest absolute Gasteiger partial charge is 0.303 e. The molecule has 0 aliphatic heterocycles. The van der Waals surface area contributed by atoms with Crippen LogP contribution < -0.4 is 10.6 Å². The molecule has 19 heavy (non-hydrogen) atoms. The molecular weight excluding hydrogens is 268 g/mol. The molecule has 1 aromatic rings. The average molecular weight is 287 g/mol. The highest BCUT2D eigenvalue weighted by Crippen LogP contribution is 2.04. The van der Waals surface area contributed by atoms with Crippen LogP contribution in [0.5, 0.6) is 0 Å². The molecule has 3 N–H and O–H groups in total. The number of carboxylic acids is 1. The molecule has 0 radical (unpaired) electrons. The average Bonchev–Trinajstić information content (AvgIpc) is 2.34. The Morgan fingerprint density at radius 1 is 1.05 bits per heavy atom. The second-order valence-electron chi connectivity index (χ2n) is 3.91. The lowest BCUT2D eigenvalue weighted by Crippen LogP contribution is -2.23.